The number of amides is 1. The van der Waals surface area contributed by atoms with Gasteiger partial charge >= 0.3 is 7.12 Å². The van der Waals surface area contributed by atoms with Crippen LogP contribution in [-0.2, 0) is 14.1 Å². The van der Waals surface area contributed by atoms with E-state index in [4.69, 9.17) is 9.31 Å². The van der Waals surface area contributed by atoms with Gasteiger partial charge in [0.15, 0.2) is 0 Å². The Labute approximate surface area is 144 Å². The number of benzene rings is 1. The number of carbonyl (C=O) groups is 1. The average Bonchev–Trinajstić information content (AvgIpc) is 2.65. The molecule has 0 atom stereocenters. The summed E-state index contributed by atoms with van der Waals surface area (Å²) in [4.78, 5) is 11.3. The lowest BCUT2D eigenvalue weighted by molar-refractivity contribution is -0.118. The van der Waals surface area contributed by atoms with Crippen molar-refractivity contribution in [3.8, 4) is 5.75 Å². The number of phenolic OH excluding ortho intramolecular Hbond substituents is 1. The second-order valence-corrected chi connectivity index (χ2v) is 7.28. The van der Waals surface area contributed by atoms with Crippen LogP contribution < -0.4 is 5.32 Å². The standard InChI is InChI=1S/C18H26BNO4/c1-12-7-8-14(16(22)9-12)10-15(11-20-13(2)21)19-23-17(3,4)18(5,6)24-19/h7-10,22H,11H2,1-6H3,(H,20,21). The zero-order valence-corrected chi connectivity index (χ0v) is 15.3. The zero-order valence-electron chi connectivity index (χ0n) is 15.3. The van der Waals surface area contributed by atoms with E-state index in [-0.39, 0.29) is 11.7 Å². The molecule has 0 bridgehead atoms. The SMILES string of the molecule is CC(=O)NCC(=Cc1ccc(C)cc1O)B1OC(C)(C)C(C)(C)O1. The van der Waals surface area contributed by atoms with Crippen LogP contribution in [0.5, 0.6) is 5.75 Å². The van der Waals surface area contributed by atoms with Crippen LogP contribution in [0, 0.1) is 6.92 Å². The van der Waals surface area contributed by atoms with Crippen LogP contribution in [0.2, 0.25) is 0 Å². The van der Waals surface area contributed by atoms with Crippen LogP contribution in [0.3, 0.4) is 0 Å². The van der Waals surface area contributed by atoms with E-state index in [0.717, 1.165) is 11.0 Å². The molecule has 0 spiro atoms. The van der Waals surface area contributed by atoms with Crippen LogP contribution in [0.1, 0.15) is 45.7 Å². The normalized spacial score (nSPS) is 19.4. The quantitative estimate of drug-likeness (QED) is 0.833. The molecule has 1 aromatic carbocycles. The van der Waals surface area contributed by atoms with Gasteiger partial charge in [0.2, 0.25) is 5.91 Å². The smallest absolute Gasteiger partial charge is 0.492 e. The summed E-state index contributed by atoms with van der Waals surface area (Å²) in [5.41, 5.74) is 1.45. The molecule has 0 aliphatic carbocycles. The molecule has 2 N–H and O–H groups in total. The van der Waals surface area contributed by atoms with Gasteiger partial charge in [-0.2, -0.15) is 0 Å². The van der Waals surface area contributed by atoms with E-state index >= 15 is 0 Å². The average molecular weight is 331 g/mol. The van der Waals surface area contributed by atoms with Crippen molar-refractivity contribution in [2.75, 3.05) is 6.54 Å². The van der Waals surface area contributed by atoms with Gasteiger partial charge in [-0.3, -0.25) is 4.79 Å². The molecule has 0 aromatic heterocycles. The van der Waals surface area contributed by atoms with Crippen molar-refractivity contribution in [2.45, 2.75) is 52.7 Å². The zero-order chi connectivity index (χ0) is 18.1. The first-order chi connectivity index (χ1) is 11.0. The lowest BCUT2D eigenvalue weighted by Gasteiger charge is -2.32. The summed E-state index contributed by atoms with van der Waals surface area (Å²) in [5.74, 6) is 0.0531. The van der Waals surface area contributed by atoms with E-state index < -0.39 is 18.3 Å². The van der Waals surface area contributed by atoms with Crippen molar-refractivity contribution in [3.63, 3.8) is 0 Å². The monoisotopic (exact) mass is 331 g/mol. The molecular weight excluding hydrogens is 305 g/mol. The Morgan fingerprint density at radius 1 is 1.25 bits per heavy atom. The van der Waals surface area contributed by atoms with Gasteiger partial charge in [-0.25, -0.2) is 0 Å². The van der Waals surface area contributed by atoms with Crippen molar-refractivity contribution >= 4 is 19.1 Å². The van der Waals surface area contributed by atoms with Gasteiger partial charge in [0.1, 0.15) is 5.75 Å². The highest BCUT2D eigenvalue weighted by Gasteiger charge is 2.52. The number of hydrogen-bond donors (Lipinski definition) is 2. The largest absolute Gasteiger partial charge is 0.507 e. The third kappa shape index (κ3) is 4.00. The summed E-state index contributed by atoms with van der Waals surface area (Å²) >= 11 is 0. The number of rotatable bonds is 4. The fourth-order valence-corrected chi connectivity index (χ4v) is 2.40. The highest BCUT2D eigenvalue weighted by atomic mass is 16.7. The summed E-state index contributed by atoms with van der Waals surface area (Å²) in [6, 6.07) is 5.46. The minimum absolute atomic E-state index is 0.134. The molecule has 1 aliphatic rings. The Hall–Kier alpha value is -1.79. The molecular formula is C18H26BNO4. The highest BCUT2D eigenvalue weighted by Crippen LogP contribution is 2.39. The minimum atomic E-state index is -0.581. The molecule has 6 heteroatoms. The van der Waals surface area contributed by atoms with Gasteiger partial charge < -0.3 is 19.7 Å². The second-order valence-electron chi connectivity index (χ2n) is 7.28. The molecule has 5 nitrogen and oxygen atoms in total. The fourth-order valence-electron chi connectivity index (χ4n) is 2.40. The molecule has 0 unspecified atom stereocenters. The van der Waals surface area contributed by atoms with Crippen molar-refractivity contribution in [1.29, 1.82) is 0 Å². The van der Waals surface area contributed by atoms with Crippen molar-refractivity contribution in [3.05, 3.63) is 34.8 Å². The Morgan fingerprint density at radius 3 is 2.33 bits per heavy atom. The first-order valence-corrected chi connectivity index (χ1v) is 8.12. The summed E-state index contributed by atoms with van der Waals surface area (Å²) < 4.78 is 12.1. The van der Waals surface area contributed by atoms with Crippen LogP contribution in [0.15, 0.2) is 23.7 Å². The van der Waals surface area contributed by atoms with Gasteiger partial charge in [0.25, 0.3) is 0 Å². The van der Waals surface area contributed by atoms with Crippen LogP contribution in [0.4, 0.5) is 0 Å². The van der Waals surface area contributed by atoms with Gasteiger partial charge in [-0.1, -0.05) is 18.2 Å². The summed E-state index contributed by atoms with van der Waals surface area (Å²) in [7, 11) is -0.581. The van der Waals surface area contributed by atoms with Gasteiger partial charge in [-0.15, -0.1) is 0 Å². The molecule has 1 fully saturated rings. The summed E-state index contributed by atoms with van der Waals surface area (Å²) in [6.07, 6.45) is 1.81. The van der Waals surface area contributed by atoms with Crippen molar-refractivity contribution < 1.29 is 19.2 Å². The maximum absolute atomic E-state index is 11.3. The maximum Gasteiger partial charge on any atom is 0.492 e. The summed E-state index contributed by atoms with van der Waals surface area (Å²) in [6.45, 7) is 11.6. The lowest BCUT2D eigenvalue weighted by atomic mass is 9.77. The van der Waals surface area contributed by atoms with Crippen molar-refractivity contribution in [1.82, 2.24) is 5.32 Å². The molecule has 2 rings (SSSR count). The Morgan fingerprint density at radius 2 is 1.83 bits per heavy atom. The number of aromatic hydroxyl groups is 1. The van der Waals surface area contributed by atoms with Crippen molar-refractivity contribution in [2.24, 2.45) is 0 Å². The topological polar surface area (TPSA) is 67.8 Å². The molecule has 130 valence electrons. The van der Waals surface area contributed by atoms with Crippen LogP contribution in [-0.4, -0.2) is 35.9 Å². The number of nitrogens with one attached hydrogen (secondary N) is 1. The highest BCUT2D eigenvalue weighted by molar-refractivity contribution is 6.56. The number of hydrogen-bond acceptors (Lipinski definition) is 4. The molecule has 1 saturated heterocycles. The van der Waals surface area contributed by atoms with Gasteiger partial charge in [0, 0.05) is 19.0 Å². The first kappa shape index (κ1) is 18.6. The Kier molecular flexibility index (Phi) is 5.11. The van der Waals surface area contributed by atoms with E-state index in [9.17, 15) is 9.90 Å². The predicted octanol–water partition coefficient (Wildman–Crippen LogP) is 2.85. The lowest BCUT2D eigenvalue weighted by Crippen LogP contribution is -2.41. The number of phenols is 1. The molecule has 1 aliphatic heterocycles. The Balaban J connectivity index is 2.35. The van der Waals surface area contributed by atoms with E-state index in [1.54, 1.807) is 6.07 Å². The van der Waals surface area contributed by atoms with Gasteiger partial charge in [0.05, 0.1) is 11.2 Å². The van der Waals surface area contributed by atoms with Crippen LogP contribution in [0.25, 0.3) is 6.08 Å². The minimum Gasteiger partial charge on any atom is -0.507 e. The molecule has 1 heterocycles. The third-order valence-corrected chi connectivity index (χ3v) is 4.62. The second kappa shape index (κ2) is 6.61. The maximum atomic E-state index is 11.3. The molecule has 1 amide bonds. The molecule has 1 aromatic rings. The number of carbonyl (C=O) groups excluding carboxylic acids is 1. The molecule has 0 radical (unpaired) electrons. The third-order valence-electron chi connectivity index (χ3n) is 4.62. The van der Waals surface area contributed by atoms with E-state index in [2.05, 4.69) is 5.32 Å². The Bertz CT molecular complexity index is 651. The van der Waals surface area contributed by atoms with E-state index in [0.29, 0.717) is 12.1 Å². The predicted molar refractivity (Wildman–Crippen MR) is 95.6 cm³/mol. The number of aryl methyl sites for hydroxylation is 1. The first-order valence-electron chi connectivity index (χ1n) is 8.12. The van der Waals surface area contributed by atoms with E-state index in [1.165, 1.54) is 6.92 Å². The molecule has 24 heavy (non-hydrogen) atoms. The van der Waals surface area contributed by atoms with Gasteiger partial charge in [-0.05, 0) is 51.7 Å². The molecule has 0 saturated carbocycles. The summed E-state index contributed by atoms with van der Waals surface area (Å²) in [5, 5.41) is 12.9. The fraction of sp³-hybridized carbons (Fsp3) is 0.500. The van der Waals surface area contributed by atoms with E-state index in [1.807, 2.05) is 52.8 Å². The van der Waals surface area contributed by atoms with Crippen LogP contribution >= 0.6 is 0 Å².